The van der Waals surface area contributed by atoms with Crippen LogP contribution >= 0.6 is 0 Å². The molecule has 2 heteroatoms. The van der Waals surface area contributed by atoms with Gasteiger partial charge in [-0.05, 0) is 24.0 Å². The molecule has 106 valence electrons. The van der Waals surface area contributed by atoms with Crippen LogP contribution in [0.25, 0.3) is 0 Å². The molecule has 0 radical (unpaired) electrons. The molecule has 2 aliphatic rings. The fourth-order valence-corrected chi connectivity index (χ4v) is 4.24. The molecule has 0 bridgehead atoms. The molecule has 4 rings (SSSR count). The van der Waals surface area contributed by atoms with Gasteiger partial charge in [0.15, 0.2) is 0 Å². The average molecular weight is 278 g/mol. The quantitative estimate of drug-likeness (QED) is 0.582. The molecule has 1 spiro atoms. The lowest BCUT2D eigenvalue weighted by Crippen LogP contribution is -2.24. The first-order valence-electron chi connectivity index (χ1n) is 7.38. The summed E-state index contributed by atoms with van der Waals surface area (Å²) in [7, 11) is 0. The minimum absolute atomic E-state index is 0.0979. The Balaban J connectivity index is 1.89. The number of hydrogen-bond acceptors (Lipinski definition) is 2. The number of carbonyl (C=O) groups is 1. The lowest BCUT2D eigenvalue weighted by molar-refractivity contribution is -0.136. The summed E-state index contributed by atoms with van der Waals surface area (Å²) in [5.74, 6) is 0.811. The van der Waals surface area contributed by atoms with E-state index in [1.54, 1.807) is 0 Å². The SMILES string of the molecule is Cc1ccc([C@@H]2C(C)(C)[C@@]23C(=O)Oc2ccccc23)cc1. The fourth-order valence-electron chi connectivity index (χ4n) is 4.24. The number of para-hydroxylation sites is 1. The number of ether oxygens (including phenoxy) is 1. The molecule has 2 aromatic rings. The first-order chi connectivity index (χ1) is 9.99. The Morgan fingerprint density at radius 1 is 1.00 bits per heavy atom. The van der Waals surface area contributed by atoms with Gasteiger partial charge in [0.05, 0.1) is 0 Å². The molecular formula is C19H18O2. The maximum atomic E-state index is 12.7. The van der Waals surface area contributed by atoms with Crippen molar-refractivity contribution in [3.8, 4) is 5.75 Å². The third kappa shape index (κ3) is 1.35. The van der Waals surface area contributed by atoms with E-state index in [0.29, 0.717) is 0 Å². The van der Waals surface area contributed by atoms with Crippen molar-refractivity contribution in [3.63, 3.8) is 0 Å². The van der Waals surface area contributed by atoms with Gasteiger partial charge in [-0.1, -0.05) is 61.9 Å². The van der Waals surface area contributed by atoms with Crippen molar-refractivity contribution in [1.29, 1.82) is 0 Å². The van der Waals surface area contributed by atoms with Crippen molar-refractivity contribution in [2.45, 2.75) is 32.1 Å². The van der Waals surface area contributed by atoms with E-state index in [1.165, 1.54) is 11.1 Å². The summed E-state index contributed by atoms with van der Waals surface area (Å²) in [6.07, 6.45) is 0. The minimum atomic E-state index is -0.515. The zero-order valence-electron chi connectivity index (χ0n) is 12.5. The molecule has 0 N–H and O–H groups in total. The van der Waals surface area contributed by atoms with Crippen LogP contribution in [0, 0.1) is 12.3 Å². The van der Waals surface area contributed by atoms with Crippen molar-refractivity contribution < 1.29 is 9.53 Å². The standard InChI is InChI=1S/C19H18O2/c1-12-8-10-13(11-9-12)16-18(2,3)19(16)14-6-4-5-7-15(14)21-17(19)20/h4-11,16H,1-3H3/t16-,19-/m1/s1. The third-order valence-electron chi connectivity index (χ3n) is 5.33. The van der Waals surface area contributed by atoms with Crippen molar-refractivity contribution in [1.82, 2.24) is 0 Å². The summed E-state index contributed by atoms with van der Waals surface area (Å²) in [5, 5.41) is 0. The van der Waals surface area contributed by atoms with E-state index in [4.69, 9.17) is 4.74 Å². The monoisotopic (exact) mass is 278 g/mol. The lowest BCUT2D eigenvalue weighted by atomic mass is 9.88. The molecule has 0 unspecified atom stereocenters. The highest BCUT2D eigenvalue weighted by Gasteiger charge is 2.80. The van der Waals surface area contributed by atoms with Crippen LogP contribution in [0.15, 0.2) is 48.5 Å². The highest BCUT2D eigenvalue weighted by Crippen LogP contribution is 2.77. The molecule has 2 atom stereocenters. The zero-order chi connectivity index (χ0) is 14.8. The van der Waals surface area contributed by atoms with Gasteiger partial charge in [0.25, 0.3) is 0 Å². The van der Waals surface area contributed by atoms with E-state index in [2.05, 4.69) is 45.0 Å². The van der Waals surface area contributed by atoms with Gasteiger partial charge in [-0.25, -0.2) is 0 Å². The largest absolute Gasteiger partial charge is 0.426 e. The van der Waals surface area contributed by atoms with Gasteiger partial charge in [-0.3, -0.25) is 4.79 Å². The van der Waals surface area contributed by atoms with Gasteiger partial charge >= 0.3 is 5.97 Å². The summed E-state index contributed by atoms with van der Waals surface area (Å²) in [4.78, 5) is 12.7. The normalized spacial score (nSPS) is 28.3. The Morgan fingerprint density at radius 2 is 1.67 bits per heavy atom. The number of fused-ring (bicyclic) bond motifs is 2. The smallest absolute Gasteiger partial charge is 0.323 e. The van der Waals surface area contributed by atoms with E-state index in [1.807, 2.05) is 24.3 Å². The highest BCUT2D eigenvalue weighted by molar-refractivity contribution is 5.97. The van der Waals surface area contributed by atoms with Crippen LogP contribution < -0.4 is 4.74 Å². The van der Waals surface area contributed by atoms with Crippen molar-refractivity contribution in [2.24, 2.45) is 5.41 Å². The van der Waals surface area contributed by atoms with E-state index < -0.39 is 5.41 Å². The second-order valence-corrected chi connectivity index (χ2v) is 6.76. The predicted octanol–water partition coefficient (Wildman–Crippen LogP) is 3.98. The van der Waals surface area contributed by atoms with Crippen molar-refractivity contribution >= 4 is 5.97 Å². The first kappa shape index (κ1) is 12.6. The van der Waals surface area contributed by atoms with E-state index in [-0.39, 0.29) is 17.3 Å². The molecule has 0 saturated heterocycles. The maximum Gasteiger partial charge on any atom is 0.323 e. The average Bonchev–Trinajstić information content (AvgIpc) is 2.82. The van der Waals surface area contributed by atoms with Gasteiger partial charge in [-0.15, -0.1) is 0 Å². The number of hydrogen-bond donors (Lipinski definition) is 0. The van der Waals surface area contributed by atoms with E-state index >= 15 is 0 Å². The van der Waals surface area contributed by atoms with Gasteiger partial charge in [0.1, 0.15) is 11.2 Å². The van der Waals surface area contributed by atoms with Gasteiger partial charge in [0.2, 0.25) is 0 Å². The Morgan fingerprint density at radius 3 is 2.38 bits per heavy atom. The third-order valence-corrected chi connectivity index (χ3v) is 5.33. The molecule has 1 aliphatic heterocycles. The first-order valence-corrected chi connectivity index (χ1v) is 7.38. The van der Waals surface area contributed by atoms with Crippen molar-refractivity contribution in [2.75, 3.05) is 0 Å². The van der Waals surface area contributed by atoms with E-state index in [0.717, 1.165) is 11.3 Å². The fraction of sp³-hybridized carbons (Fsp3) is 0.316. The Kier molecular flexibility index (Phi) is 2.26. The molecule has 0 aromatic heterocycles. The summed E-state index contributed by atoms with van der Waals surface area (Å²) in [5.41, 5.74) is 2.87. The molecule has 1 aliphatic carbocycles. The number of carbonyl (C=O) groups excluding carboxylic acids is 1. The van der Waals surface area contributed by atoms with Crippen LogP contribution in [0.1, 0.15) is 36.5 Å². The van der Waals surface area contributed by atoms with Crippen molar-refractivity contribution in [3.05, 3.63) is 65.2 Å². The summed E-state index contributed by atoms with van der Waals surface area (Å²) in [6, 6.07) is 16.4. The molecule has 21 heavy (non-hydrogen) atoms. The minimum Gasteiger partial charge on any atom is -0.426 e. The summed E-state index contributed by atoms with van der Waals surface area (Å²) >= 11 is 0. The lowest BCUT2D eigenvalue weighted by Gasteiger charge is -2.09. The van der Waals surface area contributed by atoms with Crippen LogP contribution in [-0.2, 0) is 10.2 Å². The van der Waals surface area contributed by atoms with Crippen LogP contribution in [-0.4, -0.2) is 5.97 Å². The Labute approximate surface area is 124 Å². The topological polar surface area (TPSA) is 26.3 Å². The van der Waals surface area contributed by atoms with Crippen LogP contribution in [0.4, 0.5) is 0 Å². The summed E-state index contributed by atoms with van der Waals surface area (Å²) < 4.78 is 5.56. The molecule has 1 saturated carbocycles. The summed E-state index contributed by atoms with van der Waals surface area (Å²) in [6.45, 7) is 6.42. The number of aryl methyl sites for hydroxylation is 1. The Bertz CT molecular complexity index is 742. The number of esters is 1. The van der Waals surface area contributed by atoms with Gasteiger partial charge < -0.3 is 4.74 Å². The Hall–Kier alpha value is -2.09. The maximum absolute atomic E-state index is 12.7. The van der Waals surface area contributed by atoms with E-state index in [9.17, 15) is 4.79 Å². The van der Waals surface area contributed by atoms with Crippen LogP contribution in [0.2, 0.25) is 0 Å². The van der Waals surface area contributed by atoms with Crippen LogP contribution in [0.5, 0.6) is 5.75 Å². The number of rotatable bonds is 1. The highest BCUT2D eigenvalue weighted by atomic mass is 16.5. The predicted molar refractivity (Wildman–Crippen MR) is 81.5 cm³/mol. The molecule has 0 amide bonds. The van der Waals surface area contributed by atoms with Crippen LogP contribution in [0.3, 0.4) is 0 Å². The second-order valence-electron chi connectivity index (χ2n) is 6.76. The molecule has 2 aromatic carbocycles. The molecular weight excluding hydrogens is 260 g/mol. The van der Waals surface area contributed by atoms with Gasteiger partial charge in [-0.2, -0.15) is 0 Å². The zero-order valence-corrected chi connectivity index (χ0v) is 12.5. The molecule has 2 nitrogen and oxygen atoms in total. The molecule has 1 heterocycles. The number of benzene rings is 2. The van der Waals surface area contributed by atoms with Gasteiger partial charge in [0, 0.05) is 11.5 Å². The second kappa shape index (κ2) is 3.76. The molecule has 1 fully saturated rings.